The Morgan fingerprint density at radius 1 is 1.41 bits per heavy atom. The summed E-state index contributed by atoms with van der Waals surface area (Å²) in [4.78, 5) is 0. The van der Waals surface area contributed by atoms with Crippen molar-refractivity contribution in [2.24, 2.45) is 17.8 Å². The van der Waals surface area contributed by atoms with Crippen molar-refractivity contribution in [3.05, 3.63) is 20.8 Å². The Morgan fingerprint density at radius 3 is 2.82 bits per heavy atom. The molecular weight excluding hydrogens is 294 g/mol. The average Bonchev–Trinajstić information content (AvgIpc) is 3.01. The highest BCUT2D eigenvalue weighted by molar-refractivity contribution is 9.10. The Morgan fingerprint density at radius 2 is 2.29 bits per heavy atom. The van der Waals surface area contributed by atoms with Gasteiger partial charge in [0.25, 0.3) is 0 Å². The first-order chi connectivity index (χ1) is 8.29. The number of rotatable bonds is 4. The van der Waals surface area contributed by atoms with E-state index < -0.39 is 0 Å². The van der Waals surface area contributed by atoms with E-state index in [-0.39, 0.29) is 0 Å². The fraction of sp³-hybridized carbons (Fsp3) is 0.714. The molecule has 3 heteroatoms. The summed E-state index contributed by atoms with van der Waals surface area (Å²) in [6.45, 7) is 3.29. The zero-order chi connectivity index (χ0) is 11.8. The molecule has 0 aromatic carbocycles. The summed E-state index contributed by atoms with van der Waals surface area (Å²) in [7, 11) is 0. The van der Waals surface area contributed by atoms with Crippen LogP contribution in [0.2, 0.25) is 0 Å². The van der Waals surface area contributed by atoms with Gasteiger partial charge in [-0.25, -0.2) is 0 Å². The summed E-state index contributed by atoms with van der Waals surface area (Å²) < 4.78 is 1.30. The molecule has 2 saturated carbocycles. The number of nitrogens with one attached hydrogen (secondary N) is 1. The van der Waals surface area contributed by atoms with Crippen LogP contribution in [0.25, 0.3) is 0 Å². The van der Waals surface area contributed by atoms with Gasteiger partial charge in [-0.15, -0.1) is 0 Å². The Kier molecular flexibility index (Phi) is 3.60. The normalized spacial score (nSPS) is 33.2. The number of thiophene rings is 1. The molecule has 1 nitrogen and oxygen atoms in total. The minimum Gasteiger partial charge on any atom is -0.310 e. The first-order valence-corrected chi connectivity index (χ1v) is 8.48. The number of hydrogen-bond acceptors (Lipinski definition) is 2. The zero-order valence-corrected chi connectivity index (χ0v) is 12.7. The van der Waals surface area contributed by atoms with Gasteiger partial charge in [-0.05, 0) is 70.4 Å². The maximum atomic E-state index is 3.73. The maximum absolute atomic E-state index is 3.73. The van der Waals surface area contributed by atoms with Crippen LogP contribution in [0.15, 0.2) is 15.2 Å². The molecule has 94 valence electrons. The van der Waals surface area contributed by atoms with Crippen LogP contribution in [0.5, 0.6) is 0 Å². The third-order valence-electron chi connectivity index (χ3n) is 4.62. The van der Waals surface area contributed by atoms with Gasteiger partial charge >= 0.3 is 0 Å². The Labute approximate surface area is 116 Å². The summed E-state index contributed by atoms with van der Waals surface area (Å²) in [5, 5.41) is 8.27. The molecule has 4 unspecified atom stereocenters. The average molecular weight is 314 g/mol. The molecular formula is C14H20BrNS. The van der Waals surface area contributed by atoms with E-state index in [4.69, 9.17) is 0 Å². The molecule has 3 rings (SSSR count). The van der Waals surface area contributed by atoms with Crippen LogP contribution < -0.4 is 5.32 Å². The predicted molar refractivity (Wildman–Crippen MR) is 77.4 cm³/mol. The number of hydrogen-bond donors (Lipinski definition) is 1. The fourth-order valence-corrected chi connectivity index (χ4v) is 5.51. The lowest BCUT2D eigenvalue weighted by atomic mass is 9.81. The van der Waals surface area contributed by atoms with Crippen LogP contribution in [0.1, 0.15) is 44.2 Å². The summed E-state index contributed by atoms with van der Waals surface area (Å²) >= 11 is 5.52. The van der Waals surface area contributed by atoms with Crippen LogP contribution >= 0.6 is 27.3 Å². The monoisotopic (exact) mass is 313 g/mol. The summed E-state index contributed by atoms with van der Waals surface area (Å²) in [5.74, 6) is 2.89. The largest absolute Gasteiger partial charge is 0.310 e. The fourth-order valence-electron chi connectivity index (χ4n) is 3.93. The maximum Gasteiger partial charge on any atom is 0.0370 e. The van der Waals surface area contributed by atoms with Crippen LogP contribution in [0.4, 0.5) is 0 Å². The molecule has 0 radical (unpaired) electrons. The van der Waals surface area contributed by atoms with E-state index in [2.05, 4.69) is 38.9 Å². The van der Waals surface area contributed by atoms with Crippen molar-refractivity contribution in [2.75, 3.05) is 6.54 Å². The predicted octanol–water partition coefficient (Wildman–Crippen LogP) is 4.60. The molecule has 0 spiro atoms. The lowest BCUT2D eigenvalue weighted by Gasteiger charge is -2.31. The second-order valence-electron chi connectivity index (χ2n) is 5.55. The quantitative estimate of drug-likeness (QED) is 0.856. The standard InChI is InChI=1S/C14H20BrNS/c1-2-16-14(12-7-17-8-13(12)15)11-6-9-3-4-10(11)5-9/h7-11,14,16H,2-6H2,1H3. The first kappa shape index (κ1) is 12.2. The molecule has 0 saturated heterocycles. The van der Waals surface area contributed by atoms with Gasteiger partial charge in [0, 0.05) is 15.9 Å². The molecule has 2 aliphatic carbocycles. The van der Waals surface area contributed by atoms with Gasteiger partial charge in [-0.2, -0.15) is 11.3 Å². The Balaban J connectivity index is 1.83. The van der Waals surface area contributed by atoms with Crippen molar-refractivity contribution in [3.63, 3.8) is 0 Å². The Bertz CT molecular complexity index is 389. The van der Waals surface area contributed by atoms with Crippen molar-refractivity contribution in [1.82, 2.24) is 5.32 Å². The van der Waals surface area contributed by atoms with E-state index >= 15 is 0 Å². The van der Waals surface area contributed by atoms with Gasteiger partial charge in [0.2, 0.25) is 0 Å². The first-order valence-electron chi connectivity index (χ1n) is 6.74. The van der Waals surface area contributed by atoms with Crippen molar-refractivity contribution in [3.8, 4) is 0 Å². The minimum atomic E-state index is 0.580. The lowest BCUT2D eigenvalue weighted by molar-refractivity contribution is 0.253. The summed E-state index contributed by atoms with van der Waals surface area (Å²) in [6.07, 6.45) is 5.91. The van der Waals surface area contributed by atoms with Crippen molar-refractivity contribution < 1.29 is 0 Å². The van der Waals surface area contributed by atoms with Crippen LogP contribution in [-0.2, 0) is 0 Å². The highest BCUT2D eigenvalue weighted by Gasteiger charge is 2.43. The zero-order valence-electron chi connectivity index (χ0n) is 10.3. The van der Waals surface area contributed by atoms with E-state index in [1.54, 1.807) is 0 Å². The second-order valence-corrected chi connectivity index (χ2v) is 7.15. The molecule has 2 fully saturated rings. The number of halogens is 1. The smallest absolute Gasteiger partial charge is 0.0370 e. The summed E-state index contributed by atoms with van der Waals surface area (Å²) in [6, 6.07) is 0.580. The molecule has 17 heavy (non-hydrogen) atoms. The van der Waals surface area contributed by atoms with Gasteiger partial charge in [-0.3, -0.25) is 0 Å². The van der Waals surface area contributed by atoms with Crippen LogP contribution in [0, 0.1) is 17.8 Å². The molecule has 1 aromatic rings. The van der Waals surface area contributed by atoms with E-state index in [9.17, 15) is 0 Å². The molecule has 4 atom stereocenters. The molecule has 1 N–H and O–H groups in total. The third-order valence-corrected chi connectivity index (χ3v) is 6.37. The highest BCUT2D eigenvalue weighted by atomic mass is 79.9. The highest BCUT2D eigenvalue weighted by Crippen LogP contribution is 2.53. The van der Waals surface area contributed by atoms with Crippen LogP contribution in [-0.4, -0.2) is 6.54 Å². The van der Waals surface area contributed by atoms with Gasteiger partial charge < -0.3 is 5.32 Å². The van der Waals surface area contributed by atoms with Crippen molar-refractivity contribution in [1.29, 1.82) is 0 Å². The lowest BCUT2D eigenvalue weighted by Crippen LogP contribution is -2.31. The minimum absolute atomic E-state index is 0.580. The molecule has 1 heterocycles. The molecule has 2 bridgehead atoms. The van der Waals surface area contributed by atoms with Gasteiger partial charge in [0.05, 0.1) is 0 Å². The third kappa shape index (κ3) is 2.22. The molecule has 1 aromatic heterocycles. The van der Waals surface area contributed by atoms with E-state index in [0.717, 1.165) is 24.3 Å². The van der Waals surface area contributed by atoms with Gasteiger partial charge in [-0.1, -0.05) is 13.3 Å². The van der Waals surface area contributed by atoms with Gasteiger partial charge in [0.15, 0.2) is 0 Å². The molecule has 0 aliphatic heterocycles. The van der Waals surface area contributed by atoms with E-state index in [0.29, 0.717) is 6.04 Å². The van der Waals surface area contributed by atoms with Crippen molar-refractivity contribution >= 4 is 27.3 Å². The van der Waals surface area contributed by atoms with Crippen LogP contribution in [0.3, 0.4) is 0 Å². The van der Waals surface area contributed by atoms with E-state index in [1.807, 2.05) is 11.3 Å². The summed E-state index contributed by atoms with van der Waals surface area (Å²) in [5.41, 5.74) is 1.49. The van der Waals surface area contributed by atoms with Crippen molar-refractivity contribution in [2.45, 2.75) is 38.6 Å². The van der Waals surface area contributed by atoms with E-state index in [1.165, 1.54) is 35.7 Å². The second kappa shape index (κ2) is 5.02. The topological polar surface area (TPSA) is 12.0 Å². The Hall–Kier alpha value is 0.140. The SMILES string of the molecule is CCNC(c1cscc1Br)C1CC2CCC1C2. The molecule has 0 amide bonds. The van der Waals surface area contributed by atoms with Gasteiger partial charge in [0.1, 0.15) is 0 Å². The number of fused-ring (bicyclic) bond motifs is 2. The molecule has 2 aliphatic rings.